The molecule has 1 aliphatic rings. The molecule has 1 aliphatic heterocycles. The van der Waals surface area contributed by atoms with Crippen molar-refractivity contribution in [1.82, 2.24) is 24.5 Å². The second-order valence-corrected chi connectivity index (χ2v) is 10.4. The summed E-state index contributed by atoms with van der Waals surface area (Å²) in [5, 5.41) is 5.69. The van der Waals surface area contributed by atoms with Gasteiger partial charge in [0.2, 0.25) is 0 Å². The number of aromatic amines is 1. The van der Waals surface area contributed by atoms with Crippen LogP contribution in [0.5, 0.6) is 0 Å². The molecule has 4 heterocycles. The molecule has 0 atom stereocenters. The predicted molar refractivity (Wildman–Crippen MR) is 143 cm³/mol. The maximum absolute atomic E-state index is 12.1. The van der Waals surface area contributed by atoms with E-state index in [0.29, 0.717) is 37.2 Å². The molecule has 1 fully saturated rings. The minimum atomic E-state index is 0.354. The van der Waals surface area contributed by atoms with E-state index in [2.05, 4.69) is 71.2 Å². The van der Waals surface area contributed by atoms with E-state index in [1.807, 2.05) is 4.52 Å². The highest BCUT2D eigenvalue weighted by molar-refractivity contribution is 5.92. The Morgan fingerprint density at radius 3 is 2.75 bits per heavy atom. The van der Waals surface area contributed by atoms with Crippen LogP contribution in [0.1, 0.15) is 75.0 Å². The van der Waals surface area contributed by atoms with Crippen molar-refractivity contribution in [1.29, 1.82) is 0 Å². The van der Waals surface area contributed by atoms with Gasteiger partial charge in [0, 0.05) is 41.8 Å². The molecule has 3 aromatic heterocycles. The molecule has 1 aromatic carbocycles. The number of Topliss-reactive ketones (excluding diaryl/α,β-unsaturated/α-hetero) is 1. The fourth-order valence-corrected chi connectivity index (χ4v) is 5.74. The molecular weight excluding hydrogens is 450 g/mol. The molecule has 0 aliphatic carbocycles. The van der Waals surface area contributed by atoms with Gasteiger partial charge in [0.15, 0.2) is 5.65 Å². The number of pyridine rings is 1. The highest BCUT2D eigenvalue weighted by atomic mass is 16.5. The number of H-pyrrole nitrogens is 1. The van der Waals surface area contributed by atoms with Gasteiger partial charge in [-0.15, -0.1) is 0 Å². The number of hydrogen-bond acceptors (Lipinski definition) is 5. The van der Waals surface area contributed by atoms with Crippen LogP contribution in [0.3, 0.4) is 0 Å². The molecule has 0 saturated carbocycles. The molecular formula is C29H37N5O2. The minimum absolute atomic E-state index is 0.354. The summed E-state index contributed by atoms with van der Waals surface area (Å²) in [4.78, 5) is 22.5. The van der Waals surface area contributed by atoms with Gasteiger partial charge in [0.25, 0.3) is 0 Å². The molecule has 36 heavy (non-hydrogen) atoms. The molecule has 0 radical (unpaired) electrons. The first-order chi connectivity index (χ1) is 17.5. The quantitative estimate of drug-likeness (QED) is 0.328. The highest BCUT2D eigenvalue weighted by Crippen LogP contribution is 2.38. The van der Waals surface area contributed by atoms with Crippen molar-refractivity contribution in [2.45, 2.75) is 64.9 Å². The molecule has 7 heteroatoms. The number of carbonyl (C=O) groups excluding carboxylic acids is 1. The van der Waals surface area contributed by atoms with Crippen LogP contribution in [0, 0.1) is 0 Å². The summed E-state index contributed by atoms with van der Waals surface area (Å²) >= 11 is 0. The van der Waals surface area contributed by atoms with E-state index in [1.165, 1.54) is 16.5 Å². The fourth-order valence-electron chi connectivity index (χ4n) is 5.74. The number of benzene rings is 1. The third-order valence-electron chi connectivity index (χ3n) is 7.47. The number of aromatic nitrogens is 4. The number of carbonyl (C=O) groups is 1. The first kappa shape index (κ1) is 24.7. The number of rotatable bonds is 9. The molecule has 0 spiro atoms. The van der Waals surface area contributed by atoms with Crippen LogP contribution in [0.15, 0.2) is 36.8 Å². The topological polar surface area (TPSA) is 75.5 Å². The third kappa shape index (κ3) is 4.82. The van der Waals surface area contributed by atoms with Crippen molar-refractivity contribution < 1.29 is 9.53 Å². The zero-order chi connectivity index (χ0) is 25.2. The number of nitrogens with zero attached hydrogens (tertiary/aromatic N) is 4. The summed E-state index contributed by atoms with van der Waals surface area (Å²) in [6, 6.07) is 9.09. The van der Waals surface area contributed by atoms with E-state index in [1.54, 1.807) is 13.4 Å². The maximum Gasteiger partial charge on any atom is 0.160 e. The largest absolute Gasteiger partial charge is 0.380 e. The molecule has 0 amide bonds. The zero-order valence-electron chi connectivity index (χ0n) is 21.9. The van der Waals surface area contributed by atoms with Crippen LogP contribution in [0.4, 0.5) is 0 Å². The van der Waals surface area contributed by atoms with E-state index in [-0.39, 0.29) is 0 Å². The summed E-state index contributed by atoms with van der Waals surface area (Å²) < 4.78 is 7.28. The lowest BCUT2D eigenvalue weighted by molar-refractivity contribution is -0.120. The van der Waals surface area contributed by atoms with Crippen LogP contribution in [0.25, 0.3) is 27.8 Å². The lowest BCUT2D eigenvalue weighted by Gasteiger charge is -2.31. The Bertz CT molecular complexity index is 1360. The van der Waals surface area contributed by atoms with Gasteiger partial charge in [-0.25, -0.2) is 9.50 Å². The summed E-state index contributed by atoms with van der Waals surface area (Å²) in [6.07, 6.45) is 7.47. The summed E-state index contributed by atoms with van der Waals surface area (Å²) in [7, 11) is 1.71. The lowest BCUT2D eigenvalue weighted by atomic mass is 9.87. The van der Waals surface area contributed by atoms with E-state index in [4.69, 9.17) is 4.74 Å². The molecule has 0 unspecified atom stereocenters. The second kappa shape index (κ2) is 10.5. The number of fused-ring (bicyclic) bond motifs is 2. The Hall–Kier alpha value is -3.03. The molecule has 4 aromatic rings. The predicted octanol–water partition coefficient (Wildman–Crippen LogP) is 5.70. The smallest absolute Gasteiger partial charge is 0.160 e. The lowest BCUT2D eigenvalue weighted by Crippen LogP contribution is -2.36. The van der Waals surface area contributed by atoms with Gasteiger partial charge in [0.05, 0.1) is 18.8 Å². The number of likely N-dealkylation sites (tertiary alicyclic amines) is 1. The van der Waals surface area contributed by atoms with Gasteiger partial charge >= 0.3 is 0 Å². The molecule has 5 rings (SSSR count). The van der Waals surface area contributed by atoms with Crippen LogP contribution in [0.2, 0.25) is 0 Å². The summed E-state index contributed by atoms with van der Waals surface area (Å²) in [5.74, 6) is 1.26. The maximum atomic E-state index is 12.1. The van der Waals surface area contributed by atoms with Gasteiger partial charge in [0.1, 0.15) is 12.1 Å². The van der Waals surface area contributed by atoms with Gasteiger partial charge in [-0.05, 0) is 73.5 Å². The first-order valence-electron chi connectivity index (χ1n) is 13.2. The van der Waals surface area contributed by atoms with E-state index in [9.17, 15) is 4.79 Å². The van der Waals surface area contributed by atoms with Crippen LogP contribution >= 0.6 is 0 Å². The Labute approximate surface area is 212 Å². The van der Waals surface area contributed by atoms with Crippen molar-refractivity contribution in [3.63, 3.8) is 0 Å². The molecule has 0 bridgehead atoms. The standard InChI is InChI=1S/C29H37N5O2/c1-5-6-24(35)16-33-11-9-20(10-12-33)21-7-8-26-25(14-21)27(19(2)3)28(32-26)22-13-23(17-36-4)29-30-18-31-34(29)15-22/h7-8,13-15,18-20,32H,5-6,9-12,16-17H2,1-4H3. The van der Waals surface area contributed by atoms with Gasteiger partial charge < -0.3 is 9.72 Å². The molecule has 7 nitrogen and oxygen atoms in total. The summed E-state index contributed by atoms with van der Waals surface area (Å²) in [5.41, 5.74) is 7.96. The second-order valence-electron chi connectivity index (χ2n) is 10.4. The number of methoxy groups -OCH3 is 1. The molecule has 1 saturated heterocycles. The van der Waals surface area contributed by atoms with Crippen LogP contribution in [-0.2, 0) is 16.1 Å². The average molecular weight is 488 g/mol. The summed E-state index contributed by atoms with van der Waals surface area (Å²) in [6.45, 7) is 9.67. The number of nitrogens with one attached hydrogen (secondary N) is 1. The fraction of sp³-hybridized carbons (Fsp3) is 0.483. The number of piperidine rings is 1. The van der Waals surface area contributed by atoms with Gasteiger partial charge in [-0.1, -0.05) is 26.8 Å². The van der Waals surface area contributed by atoms with Crippen molar-refractivity contribution in [3.8, 4) is 11.3 Å². The first-order valence-corrected chi connectivity index (χ1v) is 13.2. The number of ether oxygens (including phenoxy) is 1. The Kier molecular flexibility index (Phi) is 7.21. The number of hydrogen-bond donors (Lipinski definition) is 1. The SMILES string of the molecule is CCCC(=O)CN1CCC(c2ccc3[nH]c(-c4cc(COC)c5ncnn5c4)c(C(C)C)c3c2)CC1. The van der Waals surface area contributed by atoms with E-state index in [0.717, 1.165) is 60.3 Å². The van der Waals surface area contributed by atoms with Gasteiger partial charge in [-0.2, -0.15) is 5.10 Å². The average Bonchev–Trinajstić information content (AvgIpc) is 3.49. The highest BCUT2D eigenvalue weighted by Gasteiger charge is 2.24. The normalized spacial score (nSPS) is 15.5. The zero-order valence-corrected chi connectivity index (χ0v) is 21.9. The van der Waals surface area contributed by atoms with Crippen LogP contribution in [-0.4, -0.2) is 57.0 Å². The van der Waals surface area contributed by atoms with E-state index < -0.39 is 0 Å². The monoisotopic (exact) mass is 487 g/mol. The van der Waals surface area contributed by atoms with E-state index >= 15 is 0 Å². The molecule has 190 valence electrons. The Morgan fingerprint density at radius 1 is 1.22 bits per heavy atom. The third-order valence-corrected chi connectivity index (χ3v) is 7.47. The van der Waals surface area contributed by atoms with Crippen molar-refractivity contribution >= 4 is 22.3 Å². The number of ketones is 1. The van der Waals surface area contributed by atoms with Crippen molar-refractivity contribution in [2.24, 2.45) is 0 Å². The van der Waals surface area contributed by atoms with Crippen LogP contribution < -0.4 is 0 Å². The minimum Gasteiger partial charge on any atom is -0.380 e. The Balaban J connectivity index is 1.46. The molecule has 1 N–H and O–H groups in total. The van der Waals surface area contributed by atoms with Crippen molar-refractivity contribution in [2.75, 3.05) is 26.7 Å². The van der Waals surface area contributed by atoms with Gasteiger partial charge in [-0.3, -0.25) is 9.69 Å². The van der Waals surface area contributed by atoms with Crippen molar-refractivity contribution in [3.05, 3.63) is 53.5 Å². The Morgan fingerprint density at radius 2 is 2.03 bits per heavy atom.